The van der Waals surface area contributed by atoms with Crippen molar-refractivity contribution in [1.29, 1.82) is 0 Å². The molecule has 0 N–H and O–H groups in total. The van der Waals surface area contributed by atoms with E-state index in [0.717, 1.165) is 9.35 Å². The maximum Gasteiger partial charge on any atom is 0.247 e. The Labute approximate surface area is 88.4 Å². The second-order valence-corrected chi connectivity index (χ2v) is 4.27. The van der Waals surface area contributed by atoms with Crippen LogP contribution >= 0.6 is 27.3 Å². The summed E-state index contributed by atoms with van der Waals surface area (Å²) in [5, 5.41) is 12.4. The number of halogens is 1. The first-order valence-corrected chi connectivity index (χ1v) is 5.39. The lowest BCUT2D eigenvalue weighted by Gasteiger charge is -1.91. The molecule has 3 nitrogen and oxygen atoms in total. The predicted molar refractivity (Wildman–Crippen MR) is 57.3 cm³/mol. The van der Waals surface area contributed by atoms with E-state index >= 15 is 0 Å². The van der Waals surface area contributed by atoms with E-state index in [1.54, 1.807) is 13.0 Å². The van der Waals surface area contributed by atoms with Crippen molar-refractivity contribution in [2.24, 2.45) is 0 Å². The number of nitro groups is 1. The van der Waals surface area contributed by atoms with E-state index in [9.17, 15) is 10.1 Å². The Kier molecular flexibility index (Phi) is 3.62. The van der Waals surface area contributed by atoms with E-state index in [0.29, 0.717) is 6.42 Å². The normalized spacial score (nSPS) is 11.7. The molecule has 0 aliphatic rings. The van der Waals surface area contributed by atoms with Gasteiger partial charge in [-0.25, -0.2) is 0 Å². The quantitative estimate of drug-likeness (QED) is 0.617. The molecular weight excluding hydrogens is 254 g/mol. The summed E-state index contributed by atoms with van der Waals surface area (Å²) in [5.74, 6) is 0. The second kappa shape index (κ2) is 4.53. The number of allylic oxidation sites excluding steroid dienone is 1. The van der Waals surface area contributed by atoms with Gasteiger partial charge in [-0.1, -0.05) is 6.92 Å². The lowest BCUT2D eigenvalue weighted by Crippen LogP contribution is -1.95. The molecule has 0 saturated carbocycles. The van der Waals surface area contributed by atoms with Gasteiger partial charge in [-0.3, -0.25) is 10.1 Å². The van der Waals surface area contributed by atoms with E-state index < -0.39 is 0 Å². The molecule has 1 rings (SSSR count). The molecule has 0 atom stereocenters. The zero-order valence-electron chi connectivity index (χ0n) is 6.99. The average molecular weight is 262 g/mol. The van der Waals surface area contributed by atoms with E-state index in [-0.39, 0.29) is 10.6 Å². The molecule has 0 aliphatic carbocycles. The van der Waals surface area contributed by atoms with Crippen molar-refractivity contribution in [2.45, 2.75) is 13.3 Å². The van der Waals surface area contributed by atoms with Gasteiger partial charge >= 0.3 is 0 Å². The first-order chi connectivity index (χ1) is 6.13. The van der Waals surface area contributed by atoms with Crippen molar-refractivity contribution in [3.63, 3.8) is 0 Å². The van der Waals surface area contributed by atoms with Gasteiger partial charge in [0, 0.05) is 27.2 Å². The SMILES string of the molecule is CC/C(=C\c1cc(Br)cs1)[N+](=O)[O-]. The number of rotatable bonds is 3. The minimum absolute atomic E-state index is 0.245. The van der Waals surface area contributed by atoms with E-state index in [2.05, 4.69) is 15.9 Å². The Morgan fingerprint density at radius 1 is 1.85 bits per heavy atom. The molecule has 0 aromatic carbocycles. The number of hydrogen-bond acceptors (Lipinski definition) is 3. The third-order valence-electron chi connectivity index (χ3n) is 1.49. The van der Waals surface area contributed by atoms with Crippen molar-refractivity contribution in [1.82, 2.24) is 0 Å². The highest BCUT2D eigenvalue weighted by Crippen LogP contribution is 2.22. The van der Waals surface area contributed by atoms with Crippen LogP contribution in [0, 0.1) is 10.1 Å². The molecule has 70 valence electrons. The van der Waals surface area contributed by atoms with Crippen molar-refractivity contribution >= 4 is 33.3 Å². The largest absolute Gasteiger partial charge is 0.259 e. The van der Waals surface area contributed by atoms with Gasteiger partial charge in [0.05, 0.1) is 4.92 Å². The fraction of sp³-hybridized carbons (Fsp3) is 0.250. The molecule has 1 aromatic rings. The Balaban J connectivity index is 2.91. The van der Waals surface area contributed by atoms with Gasteiger partial charge in [0.1, 0.15) is 0 Å². The summed E-state index contributed by atoms with van der Waals surface area (Å²) < 4.78 is 0.961. The Hall–Kier alpha value is -0.680. The average Bonchev–Trinajstić information content (AvgIpc) is 2.46. The van der Waals surface area contributed by atoms with Crippen molar-refractivity contribution < 1.29 is 4.92 Å². The fourth-order valence-electron chi connectivity index (χ4n) is 0.852. The fourth-order valence-corrected chi connectivity index (χ4v) is 2.25. The first-order valence-electron chi connectivity index (χ1n) is 3.72. The maximum atomic E-state index is 10.5. The van der Waals surface area contributed by atoms with Gasteiger partial charge < -0.3 is 0 Å². The van der Waals surface area contributed by atoms with Crippen LogP contribution < -0.4 is 0 Å². The number of hydrogen-bond donors (Lipinski definition) is 0. The zero-order chi connectivity index (χ0) is 9.84. The second-order valence-electron chi connectivity index (χ2n) is 2.41. The highest BCUT2D eigenvalue weighted by Gasteiger charge is 2.07. The monoisotopic (exact) mass is 261 g/mol. The Morgan fingerprint density at radius 2 is 2.54 bits per heavy atom. The zero-order valence-corrected chi connectivity index (χ0v) is 9.39. The van der Waals surface area contributed by atoms with Gasteiger partial charge in [0.15, 0.2) is 0 Å². The first kappa shape index (κ1) is 10.4. The van der Waals surface area contributed by atoms with E-state index in [4.69, 9.17) is 0 Å². The number of thiophene rings is 1. The predicted octanol–water partition coefficient (Wildman–Crippen LogP) is 3.54. The lowest BCUT2D eigenvalue weighted by molar-refractivity contribution is -0.425. The van der Waals surface area contributed by atoms with Crippen LogP contribution in [0.1, 0.15) is 18.2 Å². The molecule has 0 radical (unpaired) electrons. The van der Waals surface area contributed by atoms with Gasteiger partial charge in [-0.2, -0.15) is 0 Å². The molecule has 5 heteroatoms. The molecule has 1 aromatic heterocycles. The molecule has 0 spiro atoms. The van der Waals surface area contributed by atoms with Crippen LogP contribution in [0.2, 0.25) is 0 Å². The third-order valence-corrected chi connectivity index (χ3v) is 3.13. The van der Waals surface area contributed by atoms with Crippen LogP contribution in [0.5, 0.6) is 0 Å². The molecule has 0 aliphatic heterocycles. The number of nitrogens with zero attached hydrogens (tertiary/aromatic N) is 1. The van der Waals surface area contributed by atoms with Crippen molar-refractivity contribution in [2.75, 3.05) is 0 Å². The minimum Gasteiger partial charge on any atom is -0.259 e. The van der Waals surface area contributed by atoms with E-state index in [1.165, 1.54) is 11.3 Å². The van der Waals surface area contributed by atoms with Crippen LogP contribution in [0.4, 0.5) is 0 Å². The molecule has 0 fully saturated rings. The van der Waals surface area contributed by atoms with Gasteiger partial charge in [-0.15, -0.1) is 11.3 Å². The smallest absolute Gasteiger partial charge is 0.247 e. The highest BCUT2D eigenvalue weighted by atomic mass is 79.9. The molecule has 0 bridgehead atoms. The van der Waals surface area contributed by atoms with Gasteiger partial charge in [0.2, 0.25) is 5.70 Å². The molecule has 13 heavy (non-hydrogen) atoms. The van der Waals surface area contributed by atoms with Gasteiger partial charge in [-0.05, 0) is 22.0 Å². The molecule has 0 saturated heterocycles. The Bertz CT molecular complexity index is 346. The summed E-state index contributed by atoms with van der Waals surface area (Å²) in [6, 6.07) is 1.86. The van der Waals surface area contributed by atoms with Crippen LogP contribution in [-0.2, 0) is 0 Å². The minimum atomic E-state index is -0.340. The summed E-state index contributed by atoms with van der Waals surface area (Å²) in [7, 11) is 0. The topological polar surface area (TPSA) is 43.1 Å². The van der Waals surface area contributed by atoms with Gasteiger partial charge in [0.25, 0.3) is 0 Å². The van der Waals surface area contributed by atoms with Crippen LogP contribution in [0.25, 0.3) is 6.08 Å². The highest BCUT2D eigenvalue weighted by molar-refractivity contribution is 9.10. The van der Waals surface area contributed by atoms with Crippen LogP contribution in [-0.4, -0.2) is 4.92 Å². The third kappa shape index (κ3) is 2.93. The molecular formula is C8H8BrNO2S. The summed E-state index contributed by atoms with van der Waals surface area (Å²) in [4.78, 5) is 11.0. The molecule has 1 heterocycles. The van der Waals surface area contributed by atoms with Crippen LogP contribution in [0.3, 0.4) is 0 Å². The summed E-state index contributed by atoms with van der Waals surface area (Å²) >= 11 is 4.78. The molecule has 0 amide bonds. The summed E-state index contributed by atoms with van der Waals surface area (Å²) in [5.41, 5.74) is 0.245. The lowest BCUT2D eigenvalue weighted by atomic mass is 10.3. The van der Waals surface area contributed by atoms with Crippen molar-refractivity contribution in [3.05, 3.63) is 36.6 Å². The summed E-state index contributed by atoms with van der Waals surface area (Å²) in [6.07, 6.45) is 2.05. The van der Waals surface area contributed by atoms with Crippen molar-refractivity contribution in [3.8, 4) is 0 Å². The Morgan fingerprint density at radius 3 is 2.92 bits per heavy atom. The summed E-state index contributed by atoms with van der Waals surface area (Å²) in [6.45, 7) is 1.78. The standard InChI is InChI=1S/C8H8BrNO2S/c1-2-7(10(11)12)4-8-3-6(9)5-13-8/h3-5H,2H2,1H3/b7-4+. The van der Waals surface area contributed by atoms with E-state index in [1.807, 2.05) is 11.4 Å². The van der Waals surface area contributed by atoms with Crippen LogP contribution in [0.15, 0.2) is 21.6 Å². The maximum absolute atomic E-state index is 10.5. The molecule has 0 unspecified atom stereocenters.